The molecule has 0 saturated carbocycles. The highest BCUT2D eigenvalue weighted by Crippen LogP contribution is 2.30. The van der Waals surface area contributed by atoms with E-state index in [1.807, 2.05) is 18.2 Å². The molecule has 0 radical (unpaired) electrons. The van der Waals surface area contributed by atoms with Crippen molar-refractivity contribution in [1.82, 2.24) is 10.2 Å². The number of para-hydroxylation sites is 1. The van der Waals surface area contributed by atoms with Crippen molar-refractivity contribution in [2.24, 2.45) is 0 Å². The van der Waals surface area contributed by atoms with Crippen molar-refractivity contribution < 1.29 is 9.72 Å². The van der Waals surface area contributed by atoms with Crippen molar-refractivity contribution in [3.8, 4) is 0 Å². The molecule has 0 aromatic heterocycles. The molecule has 29 heavy (non-hydrogen) atoms. The van der Waals surface area contributed by atoms with E-state index < -0.39 is 10.8 Å². The minimum Gasteiger partial charge on any atom is -0.350 e. The van der Waals surface area contributed by atoms with Crippen LogP contribution >= 0.6 is 0 Å². The van der Waals surface area contributed by atoms with Gasteiger partial charge >= 0.3 is 0 Å². The molecule has 3 aromatic rings. The zero-order valence-electron chi connectivity index (χ0n) is 16.1. The lowest BCUT2D eigenvalue weighted by Gasteiger charge is -2.29. The number of carbonyl (C=O) groups excluding carboxylic acids is 1. The fourth-order valence-corrected chi connectivity index (χ4v) is 4.14. The van der Waals surface area contributed by atoms with Crippen molar-refractivity contribution >= 4 is 22.4 Å². The molecule has 1 heterocycles. The van der Waals surface area contributed by atoms with E-state index in [2.05, 4.69) is 34.5 Å². The van der Waals surface area contributed by atoms with Crippen LogP contribution in [0.3, 0.4) is 0 Å². The molecule has 6 heteroatoms. The number of likely N-dealkylation sites (tertiary alicyclic amines) is 1. The van der Waals surface area contributed by atoms with Crippen molar-refractivity contribution in [1.29, 1.82) is 0 Å². The van der Waals surface area contributed by atoms with Crippen LogP contribution in [0.25, 0.3) is 10.8 Å². The van der Waals surface area contributed by atoms with Gasteiger partial charge < -0.3 is 5.32 Å². The summed E-state index contributed by atoms with van der Waals surface area (Å²) in [6.45, 7) is 2.36. The molecule has 1 N–H and O–H groups in total. The van der Waals surface area contributed by atoms with Gasteiger partial charge in [-0.3, -0.25) is 19.8 Å². The predicted octanol–water partition coefficient (Wildman–Crippen LogP) is 4.31. The zero-order chi connectivity index (χ0) is 20.2. The number of nitrogens with one attached hydrogen (secondary N) is 1. The lowest BCUT2D eigenvalue weighted by atomic mass is 9.97. The van der Waals surface area contributed by atoms with Gasteiger partial charge in [-0.25, -0.2) is 0 Å². The Morgan fingerprint density at radius 2 is 1.69 bits per heavy atom. The smallest absolute Gasteiger partial charge is 0.282 e. The number of nitro groups is 1. The number of amides is 1. The fourth-order valence-electron chi connectivity index (χ4n) is 4.14. The number of fused-ring (bicyclic) bond motifs is 1. The summed E-state index contributed by atoms with van der Waals surface area (Å²) in [7, 11) is 0. The summed E-state index contributed by atoms with van der Waals surface area (Å²) in [5, 5.41) is 16.5. The van der Waals surface area contributed by atoms with Gasteiger partial charge in [0.2, 0.25) is 0 Å². The van der Waals surface area contributed by atoms with Crippen molar-refractivity contribution in [2.75, 3.05) is 19.6 Å². The minimum absolute atomic E-state index is 0.0234. The molecule has 6 nitrogen and oxygen atoms in total. The van der Waals surface area contributed by atoms with E-state index in [1.165, 1.54) is 28.5 Å². The van der Waals surface area contributed by atoms with Gasteiger partial charge in [-0.15, -0.1) is 0 Å². The van der Waals surface area contributed by atoms with Crippen LogP contribution in [0.5, 0.6) is 0 Å². The standard InChI is InChI=1S/C23H23N3O3/c27-23(20-11-3-4-13-21(20)26(28)29)24-16-22(25-14-5-6-15-25)19-12-7-9-17-8-1-2-10-18(17)19/h1-4,7-13,22H,5-6,14-16H2,(H,24,27)/t22-/m0/s1. The lowest BCUT2D eigenvalue weighted by molar-refractivity contribution is -0.385. The SMILES string of the molecule is O=C(NC[C@@H](c1cccc2ccccc12)N1CCCC1)c1ccccc1[N+](=O)[O-]. The molecule has 1 saturated heterocycles. The van der Waals surface area contributed by atoms with Crippen LogP contribution in [0, 0.1) is 10.1 Å². The Balaban J connectivity index is 1.62. The number of hydrogen-bond acceptors (Lipinski definition) is 4. The first-order chi connectivity index (χ1) is 14.1. The summed E-state index contributed by atoms with van der Waals surface area (Å²) in [6.07, 6.45) is 2.28. The lowest BCUT2D eigenvalue weighted by Crippen LogP contribution is -2.37. The van der Waals surface area contributed by atoms with Crippen molar-refractivity contribution in [3.63, 3.8) is 0 Å². The minimum atomic E-state index is -0.516. The number of carbonyl (C=O) groups is 1. The van der Waals surface area contributed by atoms with E-state index in [4.69, 9.17) is 0 Å². The highest BCUT2D eigenvalue weighted by atomic mass is 16.6. The molecular weight excluding hydrogens is 366 g/mol. The van der Waals surface area contributed by atoms with E-state index in [-0.39, 0.29) is 17.3 Å². The molecule has 1 aliphatic heterocycles. The molecule has 4 rings (SSSR count). The molecule has 1 aliphatic rings. The first kappa shape index (κ1) is 19.1. The van der Waals surface area contributed by atoms with Crippen LogP contribution in [-0.4, -0.2) is 35.4 Å². The molecular formula is C23H23N3O3. The molecule has 1 atom stereocenters. The average molecular weight is 389 g/mol. The van der Waals surface area contributed by atoms with Crippen LogP contribution in [0.4, 0.5) is 5.69 Å². The van der Waals surface area contributed by atoms with Gasteiger partial charge in [0.1, 0.15) is 5.56 Å². The third kappa shape index (κ3) is 3.98. The number of hydrogen-bond donors (Lipinski definition) is 1. The normalized spacial score (nSPS) is 15.3. The highest BCUT2D eigenvalue weighted by Gasteiger charge is 2.26. The van der Waals surface area contributed by atoms with E-state index in [0.717, 1.165) is 25.9 Å². The van der Waals surface area contributed by atoms with Crippen molar-refractivity contribution in [2.45, 2.75) is 18.9 Å². The van der Waals surface area contributed by atoms with Gasteiger partial charge in [0, 0.05) is 12.6 Å². The van der Waals surface area contributed by atoms with E-state index in [1.54, 1.807) is 12.1 Å². The first-order valence-corrected chi connectivity index (χ1v) is 9.88. The first-order valence-electron chi connectivity index (χ1n) is 9.88. The van der Waals surface area contributed by atoms with Crippen LogP contribution in [0.1, 0.15) is 34.8 Å². The Bertz CT molecular complexity index is 1040. The maximum absolute atomic E-state index is 12.8. The molecule has 0 spiro atoms. The number of rotatable bonds is 6. The Morgan fingerprint density at radius 1 is 1.00 bits per heavy atom. The largest absolute Gasteiger partial charge is 0.350 e. The summed E-state index contributed by atoms with van der Waals surface area (Å²) in [5.74, 6) is -0.415. The molecule has 0 unspecified atom stereocenters. The Morgan fingerprint density at radius 3 is 2.48 bits per heavy atom. The van der Waals surface area contributed by atoms with Gasteiger partial charge in [-0.1, -0.05) is 54.6 Å². The van der Waals surface area contributed by atoms with Crippen LogP contribution in [-0.2, 0) is 0 Å². The predicted molar refractivity (Wildman–Crippen MR) is 113 cm³/mol. The summed E-state index contributed by atoms with van der Waals surface area (Å²) >= 11 is 0. The summed E-state index contributed by atoms with van der Waals surface area (Å²) in [4.78, 5) is 25.9. The van der Waals surface area contributed by atoms with Crippen molar-refractivity contribution in [3.05, 3.63) is 88.0 Å². The molecule has 1 amide bonds. The highest BCUT2D eigenvalue weighted by molar-refractivity contribution is 5.98. The average Bonchev–Trinajstić information content (AvgIpc) is 3.28. The topological polar surface area (TPSA) is 75.5 Å². The number of nitrogens with zero attached hydrogens (tertiary/aromatic N) is 2. The maximum Gasteiger partial charge on any atom is 0.282 e. The quantitative estimate of drug-likeness (QED) is 0.503. The Labute approximate surface area is 169 Å². The van der Waals surface area contributed by atoms with Crippen LogP contribution in [0.15, 0.2) is 66.7 Å². The van der Waals surface area contributed by atoms with Gasteiger partial charge in [0.15, 0.2) is 0 Å². The molecule has 3 aromatic carbocycles. The van der Waals surface area contributed by atoms with Crippen LogP contribution < -0.4 is 5.32 Å². The molecule has 148 valence electrons. The Hall–Kier alpha value is -3.25. The zero-order valence-corrected chi connectivity index (χ0v) is 16.1. The third-order valence-corrected chi connectivity index (χ3v) is 5.57. The fraction of sp³-hybridized carbons (Fsp3) is 0.261. The maximum atomic E-state index is 12.8. The van der Waals surface area contributed by atoms with Crippen LogP contribution in [0.2, 0.25) is 0 Å². The van der Waals surface area contributed by atoms with E-state index in [0.29, 0.717) is 6.54 Å². The van der Waals surface area contributed by atoms with Gasteiger partial charge in [-0.2, -0.15) is 0 Å². The summed E-state index contributed by atoms with van der Waals surface area (Å²) in [6, 6.07) is 20.6. The molecule has 1 fully saturated rings. The summed E-state index contributed by atoms with van der Waals surface area (Å²) in [5.41, 5.74) is 1.09. The Kier molecular flexibility index (Phi) is 5.53. The van der Waals surface area contributed by atoms with Gasteiger partial charge in [0.25, 0.3) is 11.6 Å². The van der Waals surface area contributed by atoms with E-state index >= 15 is 0 Å². The second-order valence-electron chi connectivity index (χ2n) is 7.31. The van der Waals surface area contributed by atoms with Gasteiger partial charge in [0.05, 0.1) is 11.0 Å². The molecule has 0 aliphatic carbocycles. The third-order valence-electron chi connectivity index (χ3n) is 5.57. The monoisotopic (exact) mass is 389 g/mol. The second kappa shape index (κ2) is 8.41. The second-order valence-corrected chi connectivity index (χ2v) is 7.31. The van der Waals surface area contributed by atoms with E-state index in [9.17, 15) is 14.9 Å². The summed E-state index contributed by atoms with van der Waals surface area (Å²) < 4.78 is 0. The number of benzene rings is 3. The number of nitro benzene ring substituents is 1. The molecule has 0 bridgehead atoms. The van der Waals surface area contributed by atoms with Gasteiger partial charge in [-0.05, 0) is 48.3 Å².